The second-order valence-electron chi connectivity index (χ2n) is 9.50. The molecule has 3 aromatic carbocycles. The molecule has 0 aliphatic heterocycles. The van der Waals surface area contributed by atoms with E-state index < -0.39 is 12.7 Å². The van der Waals surface area contributed by atoms with Crippen molar-refractivity contribution in [3.63, 3.8) is 0 Å². The molecule has 0 spiro atoms. The fourth-order valence-corrected chi connectivity index (χ4v) is 5.03. The van der Waals surface area contributed by atoms with Crippen LogP contribution in [0.25, 0.3) is 11.1 Å². The van der Waals surface area contributed by atoms with Gasteiger partial charge in [-0.1, -0.05) is 68.7 Å². The maximum atomic E-state index is 15.2. The van der Waals surface area contributed by atoms with Crippen molar-refractivity contribution >= 4 is 0 Å². The Morgan fingerprint density at radius 1 is 0.861 bits per heavy atom. The number of para-hydroxylation sites is 1. The van der Waals surface area contributed by atoms with E-state index in [0.29, 0.717) is 17.0 Å². The van der Waals surface area contributed by atoms with Crippen molar-refractivity contribution in [1.82, 2.24) is 0 Å². The molecule has 6 heteroatoms. The Balaban J connectivity index is 1.44. The Kier molecular flexibility index (Phi) is 8.55. The highest BCUT2D eigenvalue weighted by Gasteiger charge is 2.35. The zero-order valence-corrected chi connectivity index (χ0v) is 20.4. The van der Waals surface area contributed by atoms with Gasteiger partial charge in [-0.15, -0.1) is 0 Å². The van der Waals surface area contributed by atoms with Crippen molar-refractivity contribution in [3.8, 4) is 22.6 Å². The van der Waals surface area contributed by atoms with E-state index in [1.165, 1.54) is 74.6 Å². The topological polar surface area (TPSA) is 18.5 Å². The largest absolute Gasteiger partial charge is 0.435 e. The molecule has 0 unspecified atom stereocenters. The molecule has 3 aromatic rings. The third-order valence-corrected chi connectivity index (χ3v) is 7.05. The minimum absolute atomic E-state index is 0.000457. The molecule has 0 heterocycles. The molecule has 0 atom stereocenters. The Hall–Kier alpha value is -3.02. The van der Waals surface area contributed by atoms with E-state index in [1.54, 1.807) is 30.3 Å². The number of rotatable bonds is 10. The van der Waals surface area contributed by atoms with Crippen LogP contribution < -0.4 is 9.47 Å². The van der Waals surface area contributed by atoms with Crippen molar-refractivity contribution in [2.45, 2.75) is 70.5 Å². The highest BCUT2D eigenvalue weighted by Crippen LogP contribution is 2.40. The number of unbranched alkanes of at least 4 members (excludes halogenated alkanes) is 1. The van der Waals surface area contributed by atoms with Crippen LogP contribution >= 0.6 is 0 Å². The zero-order valence-electron chi connectivity index (χ0n) is 20.4. The van der Waals surface area contributed by atoms with E-state index in [-0.39, 0.29) is 17.1 Å². The van der Waals surface area contributed by atoms with E-state index in [4.69, 9.17) is 4.74 Å². The lowest BCUT2D eigenvalue weighted by molar-refractivity contribution is -0.185. The monoisotopic (exact) mass is 500 g/mol. The maximum absolute atomic E-state index is 15.2. The fraction of sp³-hybridized carbons (Fsp3) is 0.400. The minimum Gasteiger partial charge on any atom is -0.435 e. The number of halogens is 4. The van der Waals surface area contributed by atoms with Crippen molar-refractivity contribution in [2.75, 3.05) is 0 Å². The molecule has 36 heavy (non-hydrogen) atoms. The summed E-state index contributed by atoms with van der Waals surface area (Å²) >= 11 is 0. The third-order valence-electron chi connectivity index (χ3n) is 7.05. The van der Waals surface area contributed by atoms with Gasteiger partial charge in [0.25, 0.3) is 0 Å². The number of benzene rings is 3. The molecule has 0 N–H and O–H groups in total. The summed E-state index contributed by atoms with van der Waals surface area (Å²) in [5, 5.41) is 0. The van der Waals surface area contributed by atoms with Crippen molar-refractivity contribution in [2.24, 2.45) is 5.92 Å². The lowest BCUT2D eigenvalue weighted by atomic mass is 9.77. The standard InChI is InChI=1S/C30H32F4O2/c1-2-3-6-21-9-11-22(12-10-21)23-13-17-25(18-14-23)30(33,34)36-28-8-5-4-7-27(28)24-15-19-26(20-16-24)35-29(31)32/h4-5,7-8,13-22,29H,2-3,6,9-12H2,1H3. The summed E-state index contributed by atoms with van der Waals surface area (Å²) in [5.41, 5.74) is 1.87. The maximum Gasteiger partial charge on any atom is 0.426 e. The average Bonchev–Trinajstić information content (AvgIpc) is 2.88. The van der Waals surface area contributed by atoms with Gasteiger partial charge in [-0.25, -0.2) is 0 Å². The van der Waals surface area contributed by atoms with Gasteiger partial charge in [-0.3, -0.25) is 0 Å². The first-order valence-electron chi connectivity index (χ1n) is 12.7. The number of hydrogen-bond acceptors (Lipinski definition) is 2. The second-order valence-corrected chi connectivity index (χ2v) is 9.50. The van der Waals surface area contributed by atoms with Crippen LogP contribution in [0, 0.1) is 5.92 Å². The van der Waals surface area contributed by atoms with Crippen LogP contribution in [0.2, 0.25) is 0 Å². The quantitative estimate of drug-likeness (QED) is 0.258. The summed E-state index contributed by atoms with van der Waals surface area (Å²) in [6.07, 6.45) is 4.89. The van der Waals surface area contributed by atoms with Gasteiger partial charge in [0.15, 0.2) is 0 Å². The van der Waals surface area contributed by atoms with Crippen LogP contribution in [-0.4, -0.2) is 6.61 Å². The first-order valence-corrected chi connectivity index (χ1v) is 12.7. The molecule has 1 saturated carbocycles. The lowest BCUT2D eigenvalue weighted by Crippen LogP contribution is -2.22. The van der Waals surface area contributed by atoms with Crippen LogP contribution in [0.3, 0.4) is 0 Å². The molecule has 0 bridgehead atoms. The number of alkyl halides is 4. The molecule has 192 valence electrons. The number of ether oxygens (including phenoxy) is 2. The molecule has 1 aliphatic carbocycles. The second kappa shape index (κ2) is 11.8. The first kappa shape index (κ1) is 26.1. The van der Waals surface area contributed by atoms with Crippen LogP contribution in [0.15, 0.2) is 72.8 Å². The summed E-state index contributed by atoms with van der Waals surface area (Å²) in [7, 11) is 0. The molecule has 0 saturated heterocycles. The highest BCUT2D eigenvalue weighted by molar-refractivity contribution is 5.71. The molecule has 0 radical (unpaired) electrons. The summed E-state index contributed by atoms with van der Waals surface area (Å²) in [6.45, 7) is -0.714. The van der Waals surface area contributed by atoms with Gasteiger partial charge in [0, 0.05) is 5.56 Å². The summed E-state index contributed by atoms with van der Waals surface area (Å²) < 4.78 is 64.7. The Morgan fingerprint density at radius 3 is 2.17 bits per heavy atom. The van der Waals surface area contributed by atoms with E-state index in [2.05, 4.69) is 11.7 Å². The SMILES string of the molecule is CCCCC1CCC(c2ccc(C(F)(F)Oc3ccccc3-c3ccc(OC(F)F)cc3)cc2)CC1. The molecular formula is C30H32F4O2. The predicted octanol–water partition coefficient (Wildman–Crippen LogP) is 9.55. The van der Waals surface area contributed by atoms with Gasteiger partial charge in [0.05, 0.1) is 5.56 Å². The minimum atomic E-state index is -3.54. The Bertz CT molecular complexity index is 1090. The predicted molar refractivity (Wildman–Crippen MR) is 134 cm³/mol. The van der Waals surface area contributed by atoms with Crippen molar-refractivity contribution in [1.29, 1.82) is 0 Å². The van der Waals surface area contributed by atoms with E-state index >= 15 is 8.78 Å². The van der Waals surface area contributed by atoms with Gasteiger partial charge in [-0.2, -0.15) is 17.6 Å². The summed E-state index contributed by atoms with van der Waals surface area (Å²) in [4.78, 5) is 0. The normalized spacial score (nSPS) is 18.3. The van der Waals surface area contributed by atoms with Gasteiger partial charge in [-0.05, 0) is 79.0 Å². The van der Waals surface area contributed by atoms with Gasteiger partial charge < -0.3 is 9.47 Å². The van der Waals surface area contributed by atoms with Crippen molar-refractivity contribution in [3.05, 3.63) is 83.9 Å². The van der Waals surface area contributed by atoms with Crippen LogP contribution in [0.1, 0.15) is 68.9 Å². The van der Waals surface area contributed by atoms with Crippen LogP contribution in [-0.2, 0) is 6.11 Å². The van der Waals surface area contributed by atoms with Crippen LogP contribution in [0.5, 0.6) is 11.5 Å². The van der Waals surface area contributed by atoms with E-state index in [9.17, 15) is 8.78 Å². The highest BCUT2D eigenvalue weighted by atomic mass is 19.3. The Labute approximate surface area is 210 Å². The summed E-state index contributed by atoms with van der Waals surface area (Å²) in [6, 6.07) is 18.8. The third kappa shape index (κ3) is 6.59. The first-order chi connectivity index (χ1) is 17.4. The smallest absolute Gasteiger partial charge is 0.426 e. The molecule has 0 aromatic heterocycles. The molecule has 2 nitrogen and oxygen atoms in total. The zero-order chi connectivity index (χ0) is 25.5. The molecular weight excluding hydrogens is 468 g/mol. The average molecular weight is 501 g/mol. The summed E-state index contributed by atoms with van der Waals surface area (Å²) in [5.74, 6) is 1.21. The number of hydrogen-bond donors (Lipinski definition) is 0. The van der Waals surface area contributed by atoms with Gasteiger partial charge in [0.2, 0.25) is 0 Å². The fourth-order valence-electron chi connectivity index (χ4n) is 5.03. The molecule has 4 rings (SSSR count). The Morgan fingerprint density at radius 2 is 1.53 bits per heavy atom. The van der Waals surface area contributed by atoms with Crippen molar-refractivity contribution < 1.29 is 27.0 Å². The molecule has 1 fully saturated rings. The van der Waals surface area contributed by atoms with E-state index in [1.807, 2.05) is 0 Å². The van der Waals surface area contributed by atoms with Crippen LogP contribution in [0.4, 0.5) is 17.6 Å². The lowest BCUT2D eigenvalue weighted by Gasteiger charge is -2.29. The van der Waals surface area contributed by atoms with Gasteiger partial charge in [0.1, 0.15) is 11.5 Å². The molecule has 1 aliphatic rings. The van der Waals surface area contributed by atoms with Gasteiger partial charge >= 0.3 is 12.7 Å². The molecule has 0 amide bonds. The van der Waals surface area contributed by atoms with E-state index in [0.717, 1.165) is 24.3 Å².